The molecule has 0 heterocycles. The zero-order valence-electron chi connectivity index (χ0n) is 9.07. The molecule has 0 saturated heterocycles. The van der Waals surface area contributed by atoms with Crippen molar-refractivity contribution in [2.45, 2.75) is 12.8 Å². The van der Waals surface area contributed by atoms with Crippen molar-refractivity contribution < 1.29 is 19.1 Å². The van der Waals surface area contributed by atoms with E-state index in [4.69, 9.17) is 5.11 Å². The highest BCUT2D eigenvalue weighted by Crippen LogP contribution is 2.45. The second kappa shape index (κ2) is 4.16. The normalized spacial score (nSPS) is 16.3. The molecule has 0 aromatic heterocycles. The van der Waals surface area contributed by atoms with Crippen molar-refractivity contribution >= 4 is 11.9 Å². The van der Waals surface area contributed by atoms with E-state index < -0.39 is 17.2 Å². The minimum Gasteiger partial charge on any atom is -0.481 e. The summed E-state index contributed by atoms with van der Waals surface area (Å²) in [6.07, 6.45) is 1.18. The number of benzene rings is 1. The molecule has 0 aliphatic heterocycles. The Morgan fingerprint density at radius 2 is 1.88 bits per heavy atom. The summed E-state index contributed by atoms with van der Waals surface area (Å²) >= 11 is 0. The zero-order valence-corrected chi connectivity index (χ0v) is 9.07. The van der Waals surface area contributed by atoms with Gasteiger partial charge in [0.15, 0.2) is 0 Å². The van der Waals surface area contributed by atoms with Crippen molar-refractivity contribution in [2.75, 3.05) is 6.54 Å². The Morgan fingerprint density at radius 1 is 1.29 bits per heavy atom. The number of halogens is 1. The third-order valence-electron chi connectivity index (χ3n) is 3.00. The first-order valence-corrected chi connectivity index (χ1v) is 5.31. The van der Waals surface area contributed by atoms with Crippen LogP contribution in [0.15, 0.2) is 24.3 Å². The molecule has 1 aromatic carbocycles. The standard InChI is InChI=1S/C12H12FNO3/c13-9-3-1-8(2-4-9)10(15)14-7-12(5-6-12)11(16)17/h1-4H,5-7H2,(H,14,15)(H,16,17). The number of amides is 1. The maximum absolute atomic E-state index is 12.6. The van der Waals surface area contributed by atoms with Gasteiger partial charge in [-0.25, -0.2) is 4.39 Å². The fourth-order valence-corrected chi connectivity index (χ4v) is 1.57. The monoisotopic (exact) mass is 237 g/mol. The molecule has 1 amide bonds. The van der Waals surface area contributed by atoms with E-state index in [1.165, 1.54) is 24.3 Å². The second-order valence-electron chi connectivity index (χ2n) is 4.28. The molecule has 1 saturated carbocycles. The highest BCUT2D eigenvalue weighted by atomic mass is 19.1. The molecule has 2 N–H and O–H groups in total. The van der Waals surface area contributed by atoms with Crippen molar-refractivity contribution in [3.63, 3.8) is 0 Å². The van der Waals surface area contributed by atoms with E-state index in [0.717, 1.165) is 0 Å². The van der Waals surface area contributed by atoms with Gasteiger partial charge in [0.25, 0.3) is 5.91 Å². The molecule has 0 atom stereocenters. The SMILES string of the molecule is O=C(NCC1(C(=O)O)CC1)c1ccc(F)cc1. The van der Waals surface area contributed by atoms with Crippen LogP contribution in [0.3, 0.4) is 0 Å². The molecule has 90 valence electrons. The predicted octanol–water partition coefficient (Wildman–Crippen LogP) is 1.42. The number of carbonyl (C=O) groups is 2. The molecule has 1 aliphatic rings. The number of rotatable bonds is 4. The van der Waals surface area contributed by atoms with Crippen molar-refractivity contribution in [1.29, 1.82) is 0 Å². The summed E-state index contributed by atoms with van der Waals surface area (Å²) in [6, 6.07) is 5.12. The number of aliphatic carboxylic acids is 1. The molecular formula is C12H12FNO3. The Morgan fingerprint density at radius 3 is 2.35 bits per heavy atom. The fourth-order valence-electron chi connectivity index (χ4n) is 1.57. The summed E-state index contributed by atoms with van der Waals surface area (Å²) in [4.78, 5) is 22.5. The van der Waals surface area contributed by atoms with Crippen molar-refractivity contribution in [1.82, 2.24) is 5.32 Å². The van der Waals surface area contributed by atoms with E-state index in [1.54, 1.807) is 0 Å². The lowest BCUT2D eigenvalue weighted by Crippen LogP contribution is -2.34. The second-order valence-corrected chi connectivity index (χ2v) is 4.28. The summed E-state index contributed by atoms with van der Waals surface area (Å²) in [5, 5.41) is 11.5. The first-order valence-electron chi connectivity index (χ1n) is 5.31. The molecule has 4 nitrogen and oxygen atoms in total. The minimum atomic E-state index is -0.878. The van der Waals surface area contributed by atoms with Gasteiger partial charge in [-0.3, -0.25) is 9.59 Å². The van der Waals surface area contributed by atoms with Crippen LogP contribution in [0.2, 0.25) is 0 Å². The van der Waals surface area contributed by atoms with Gasteiger partial charge in [0.05, 0.1) is 5.41 Å². The number of carbonyl (C=O) groups excluding carboxylic acids is 1. The summed E-state index contributed by atoms with van der Waals surface area (Å²) in [6.45, 7) is 0.124. The minimum absolute atomic E-state index is 0.124. The number of carboxylic acid groups (broad SMARTS) is 1. The van der Waals surface area contributed by atoms with Crippen LogP contribution in [0.5, 0.6) is 0 Å². The molecule has 1 fully saturated rings. The van der Waals surface area contributed by atoms with Gasteiger partial charge in [0.1, 0.15) is 5.82 Å². The van der Waals surface area contributed by atoms with Crippen molar-refractivity contribution in [3.05, 3.63) is 35.6 Å². The van der Waals surface area contributed by atoms with E-state index in [-0.39, 0.29) is 12.5 Å². The average Bonchev–Trinajstić information content (AvgIpc) is 3.08. The van der Waals surface area contributed by atoms with E-state index in [2.05, 4.69) is 5.32 Å². The zero-order chi connectivity index (χ0) is 12.5. The third-order valence-corrected chi connectivity index (χ3v) is 3.00. The molecule has 1 aromatic rings. The molecular weight excluding hydrogens is 225 g/mol. The van der Waals surface area contributed by atoms with Crippen LogP contribution in [0, 0.1) is 11.2 Å². The Labute approximate surface area is 97.4 Å². The lowest BCUT2D eigenvalue weighted by Gasteiger charge is -2.10. The van der Waals surface area contributed by atoms with Gasteiger partial charge in [0, 0.05) is 12.1 Å². The summed E-state index contributed by atoms with van der Waals surface area (Å²) < 4.78 is 12.6. The molecule has 0 bridgehead atoms. The van der Waals surface area contributed by atoms with Crippen LogP contribution in [0.4, 0.5) is 4.39 Å². The van der Waals surface area contributed by atoms with Gasteiger partial charge in [-0.05, 0) is 37.1 Å². The van der Waals surface area contributed by atoms with E-state index >= 15 is 0 Å². The van der Waals surface area contributed by atoms with Crippen molar-refractivity contribution in [2.24, 2.45) is 5.41 Å². The largest absolute Gasteiger partial charge is 0.481 e. The Hall–Kier alpha value is -1.91. The lowest BCUT2D eigenvalue weighted by atomic mass is 10.1. The Balaban J connectivity index is 1.94. The third kappa shape index (κ3) is 2.43. The molecule has 2 rings (SSSR count). The Bertz CT molecular complexity index is 451. The maximum Gasteiger partial charge on any atom is 0.311 e. The number of hydrogen-bond donors (Lipinski definition) is 2. The Kier molecular flexibility index (Phi) is 2.83. The quantitative estimate of drug-likeness (QED) is 0.832. The average molecular weight is 237 g/mol. The van der Waals surface area contributed by atoms with Gasteiger partial charge < -0.3 is 10.4 Å². The van der Waals surface area contributed by atoms with Gasteiger partial charge in [-0.2, -0.15) is 0 Å². The summed E-state index contributed by atoms with van der Waals surface area (Å²) in [5.74, 6) is -1.67. The molecule has 1 aliphatic carbocycles. The molecule has 5 heteroatoms. The maximum atomic E-state index is 12.6. The lowest BCUT2D eigenvalue weighted by molar-refractivity contribution is -0.143. The number of hydrogen-bond acceptors (Lipinski definition) is 2. The highest BCUT2D eigenvalue weighted by Gasteiger charge is 2.50. The topological polar surface area (TPSA) is 66.4 Å². The molecule has 0 unspecified atom stereocenters. The van der Waals surface area contributed by atoms with Gasteiger partial charge in [0.2, 0.25) is 0 Å². The van der Waals surface area contributed by atoms with Crippen LogP contribution < -0.4 is 5.32 Å². The first kappa shape index (κ1) is 11.6. The summed E-state index contributed by atoms with van der Waals surface area (Å²) in [7, 11) is 0. The van der Waals surface area contributed by atoms with Crippen LogP contribution in [-0.2, 0) is 4.79 Å². The fraction of sp³-hybridized carbons (Fsp3) is 0.333. The first-order chi connectivity index (χ1) is 8.03. The van der Waals surface area contributed by atoms with Gasteiger partial charge in [-0.15, -0.1) is 0 Å². The van der Waals surface area contributed by atoms with E-state index in [9.17, 15) is 14.0 Å². The highest BCUT2D eigenvalue weighted by molar-refractivity contribution is 5.94. The van der Waals surface area contributed by atoms with Crippen LogP contribution in [0.25, 0.3) is 0 Å². The molecule has 17 heavy (non-hydrogen) atoms. The van der Waals surface area contributed by atoms with Crippen LogP contribution >= 0.6 is 0 Å². The van der Waals surface area contributed by atoms with Crippen LogP contribution in [0.1, 0.15) is 23.2 Å². The van der Waals surface area contributed by atoms with E-state index in [0.29, 0.717) is 18.4 Å². The molecule has 0 spiro atoms. The number of nitrogens with one attached hydrogen (secondary N) is 1. The number of carboxylic acids is 1. The smallest absolute Gasteiger partial charge is 0.311 e. The van der Waals surface area contributed by atoms with Gasteiger partial charge in [-0.1, -0.05) is 0 Å². The predicted molar refractivity (Wildman–Crippen MR) is 58.0 cm³/mol. The van der Waals surface area contributed by atoms with E-state index in [1.807, 2.05) is 0 Å². The van der Waals surface area contributed by atoms with Crippen molar-refractivity contribution in [3.8, 4) is 0 Å². The molecule has 0 radical (unpaired) electrons. The van der Waals surface area contributed by atoms with Gasteiger partial charge >= 0.3 is 5.97 Å². The van der Waals surface area contributed by atoms with Crippen LogP contribution in [-0.4, -0.2) is 23.5 Å². The summed E-state index contributed by atoms with van der Waals surface area (Å²) in [5.41, 5.74) is -0.456.